The molecule has 0 heterocycles. The van der Waals surface area contributed by atoms with Gasteiger partial charge in [0.15, 0.2) is 0 Å². The van der Waals surface area contributed by atoms with E-state index in [0.29, 0.717) is 0 Å². The monoisotopic (exact) mass is 577 g/mol. The number of anilines is 3. The number of benzene rings is 7. The van der Waals surface area contributed by atoms with Gasteiger partial charge in [-0.05, 0) is 92.5 Å². The van der Waals surface area contributed by atoms with Gasteiger partial charge < -0.3 is 4.90 Å². The molecule has 0 amide bonds. The van der Waals surface area contributed by atoms with Crippen LogP contribution in [0.3, 0.4) is 0 Å². The van der Waals surface area contributed by atoms with Crippen LogP contribution in [0.4, 0.5) is 17.1 Å². The Morgan fingerprint density at radius 1 is 0.467 bits per heavy atom. The predicted octanol–water partition coefficient (Wildman–Crippen LogP) is 12.3. The van der Waals surface area contributed by atoms with E-state index in [1.807, 2.05) is 0 Å². The summed E-state index contributed by atoms with van der Waals surface area (Å²) in [6.07, 6.45) is 0. The minimum absolute atomic E-state index is 0.0903. The lowest BCUT2D eigenvalue weighted by Crippen LogP contribution is -2.17. The maximum Gasteiger partial charge on any atom is 0.0546 e. The van der Waals surface area contributed by atoms with Crippen LogP contribution in [0.1, 0.15) is 30.5 Å². The molecule has 0 unspecified atom stereocenters. The van der Waals surface area contributed by atoms with Crippen molar-refractivity contribution in [3.63, 3.8) is 0 Å². The fourth-order valence-electron chi connectivity index (χ4n) is 7.27. The predicted molar refractivity (Wildman–Crippen MR) is 192 cm³/mol. The molecule has 216 valence electrons. The Balaban J connectivity index is 1.39. The van der Waals surface area contributed by atoms with Crippen LogP contribution in [0.2, 0.25) is 0 Å². The third-order valence-corrected chi connectivity index (χ3v) is 9.62. The Morgan fingerprint density at radius 3 is 1.89 bits per heavy atom. The van der Waals surface area contributed by atoms with E-state index in [-0.39, 0.29) is 5.41 Å². The van der Waals surface area contributed by atoms with Crippen LogP contribution >= 0.6 is 0 Å². The molecule has 0 bridgehead atoms. The topological polar surface area (TPSA) is 3.24 Å². The zero-order valence-corrected chi connectivity index (χ0v) is 26.0. The molecule has 0 saturated heterocycles. The summed E-state index contributed by atoms with van der Waals surface area (Å²) in [5.41, 5.74) is 15.0. The zero-order valence-electron chi connectivity index (χ0n) is 26.0. The number of aryl methyl sites for hydroxylation is 1. The molecule has 0 radical (unpaired) electrons. The standard InChI is InChI=1S/C44H35N/c1-30-13-7-9-17-36(30)43-37-18-10-8-16-33(37)23-28-42(43)45(34-24-21-32(22-25-34)31-14-5-4-6-15-31)35-26-27-39-38-19-11-12-20-40(38)44(2,3)41(39)29-35/h4-29H,1-3H3. The van der Waals surface area contributed by atoms with Crippen LogP contribution in [0.5, 0.6) is 0 Å². The Morgan fingerprint density at radius 2 is 1.09 bits per heavy atom. The van der Waals surface area contributed by atoms with E-state index in [2.05, 4.69) is 183 Å². The normalized spacial score (nSPS) is 13.0. The molecular formula is C44H35N. The summed E-state index contributed by atoms with van der Waals surface area (Å²) >= 11 is 0. The van der Waals surface area contributed by atoms with Crippen molar-refractivity contribution in [3.05, 3.63) is 174 Å². The summed E-state index contributed by atoms with van der Waals surface area (Å²) in [6, 6.07) is 57.7. The first kappa shape index (κ1) is 27.2. The van der Waals surface area contributed by atoms with Gasteiger partial charge in [0.05, 0.1) is 5.69 Å². The van der Waals surface area contributed by atoms with Crippen molar-refractivity contribution in [2.24, 2.45) is 0 Å². The SMILES string of the molecule is Cc1ccccc1-c1c(N(c2ccc(-c3ccccc3)cc2)c2ccc3c(c2)C(C)(C)c2ccccc2-3)ccc2ccccc12. The third-order valence-electron chi connectivity index (χ3n) is 9.62. The summed E-state index contributed by atoms with van der Waals surface area (Å²) in [7, 11) is 0. The average Bonchev–Trinajstić information content (AvgIpc) is 3.32. The second-order valence-electron chi connectivity index (χ2n) is 12.6. The van der Waals surface area contributed by atoms with Crippen LogP contribution in [-0.4, -0.2) is 0 Å². The number of hydrogen-bond acceptors (Lipinski definition) is 1. The highest BCUT2D eigenvalue weighted by atomic mass is 15.1. The maximum atomic E-state index is 2.46. The molecule has 0 aromatic heterocycles. The summed E-state index contributed by atoms with van der Waals surface area (Å²) in [5, 5.41) is 2.49. The highest BCUT2D eigenvalue weighted by Gasteiger charge is 2.36. The quantitative estimate of drug-likeness (QED) is 0.197. The number of rotatable bonds is 5. The number of fused-ring (bicyclic) bond motifs is 4. The zero-order chi connectivity index (χ0) is 30.5. The summed E-state index contributed by atoms with van der Waals surface area (Å²) < 4.78 is 0. The van der Waals surface area contributed by atoms with Gasteiger partial charge in [-0.2, -0.15) is 0 Å². The molecule has 1 aliphatic carbocycles. The second kappa shape index (κ2) is 10.6. The molecule has 1 heteroatoms. The molecule has 1 aliphatic rings. The Bertz CT molecular complexity index is 2190. The van der Waals surface area contributed by atoms with Crippen LogP contribution < -0.4 is 4.90 Å². The van der Waals surface area contributed by atoms with Gasteiger partial charge in [-0.25, -0.2) is 0 Å². The van der Waals surface area contributed by atoms with E-state index in [9.17, 15) is 0 Å². The Hall–Kier alpha value is -5.40. The highest BCUT2D eigenvalue weighted by molar-refractivity contribution is 6.06. The Labute approximate surface area is 266 Å². The molecule has 0 saturated carbocycles. The molecule has 0 atom stereocenters. The van der Waals surface area contributed by atoms with E-state index in [1.54, 1.807) is 0 Å². The maximum absolute atomic E-state index is 2.46. The fraction of sp³-hybridized carbons (Fsp3) is 0.0909. The number of nitrogens with zero attached hydrogens (tertiary/aromatic N) is 1. The van der Waals surface area contributed by atoms with Gasteiger partial charge in [0.25, 0.3) is 0 Å². The lowest BCUT2D eigenvalue weighted by Gasteiger charge is -2.31. The van der Waals surface area contributed by atoms with Gasteiger partial charge in [-0.3, -0.25) is 0 Å². The number of hydrogen-bond donors (Lipinski definition) is 0. The van der Waals surface area contributed by atoms with Gasteiger partial charge in [0.2, 0.25) is 0 Å². The minimum atomic E-state index is -0.0903. The molecular weight excluding hydrogens is 542 g/mol. The van der Waals surface area contributed by atoms with Crippen molar-refractivity contribution in [2.45, 2.75) is 26.2 Å². The van der Waals surface area contributed by atoms with Crippen LogP contribution in [0.15, 0.2) is 158 Å². The second-order valence-corrected chi connectivity index (χ2v) is 12.6. The highest BCUT2D eigenvalue weighted by Crippen LogP contribution is 2.52. The van der Waals surface area contributed by atoms with E-state index < -0.39 is 0 Å². The largest absolute Gasteiger partial charge is 0.310 e. The van der Waals surface area contributed by atoms with E-state index >= 15 is 0 Å². The van der Waals surface area contributed by atoms with Gasteiger partial charge in [0.1, 0.15) is 0 Å². The first-order valence-corrected chi connectivity index (χ1v) is 15.8. The molecule has 7 aromatic carbocycles. The minimum Gasteiger partial charge on any atom is -0.310 e. The molecule has 7 aromatic rings. The molecule has 45 heavy (non-hydrogen) atoms. The summed E-state index contributed by atoms with van der Waals surface area (Å²) in [4.78, 5) is 2.46. The molecule has 0 spiro atoms. The van der Waals surface area contributed by atoms with E-state index in [4.69, 9.17) is 0 Å². The molecule has 0 fully saturated rings. The average molecular weight is 578 g/mol. The van der Waals surface area contributed by atoms with Crippen LogP contribution in [0, 0.1) is 6.92 Å². The van der Waals surface area contributed by atoms with Crippen molar-refractivity contribution in [3.8, 4) is 33.4 Å². The third kappa shape index (κ3) is 4.47. The molecule has 8 rings (SSSR count). The summed E-state index contributed by atoms with van der Waals surface area (Å²) in [6.45, 7) is 6.93. The molecule has 0 N–H and O–H groups in total. The molecule has 1 nitrogen and oxygen atoms in total. The van der Waals surface area contributed by atoms with Crippen molar-refractivity contribution in [1.82, 2.24) is 0 Å². The van der Waals surface area contributed by atoms with Crippen molar-refractivity contribution in [2.75, 3.05) is 4.90 Å². The first-order valence-electron chi connectivity index (χ1n) is 15.8. The molecule has 0 aliphatic heterocycles. The Kier molecular flexibility index (Phi) is 6.43. The first-order chi connectivity index (χ1) is 22.0. The smallest absolute Gasteiger partial charge is 0.0546 e. The van der Waals surface area contributed by atoms with Crippen molar-refractivity contribution in [1.29, 1.82) is 0 Å². The fourth-order valence-corrected chi connectivity index (χ4v) is 7.27. The van der Waals surface area contributed by atoms with Crippen LogP contribution in [-0.2, 0) is 5.41 Å². The lowest BCUT2D eigenvalue weighted by atomic mass is 9.82. The van der Waals surface area contributed by atoms with Gasteiger partial charge in [-0.15, -0.1) is 0 Å². The van der Waals surface area contributed by atoms with E-state index in [0.717, 1.165) is 11.4 Å². The lowest BCUT2D eigenvalue weighted by molar-refractivity contribution is 0.660. The van der Waals surface area contributed by atoms with E-state index in [1.165, 1.54) is 66.5 Å². The van der Waals surface area contributed by atoms with Gasteiger partial charge in [0, 0.05) is 22.4 Å². The van der Waals surface area contributed by atoms with Crippen molar-refractivity contribution < 1.29 is 0 Å². The van der Waals surface area contributed by atoms with Crippen molar-refractivity contribution >= 4 is 27.8 Å². The summed E-state index contributed by atoms with van der Waals surface area (Å²) in [5.74, 6) is 0. The van der Waals surface area contributed by atoms with Crippen LogP contribution in [0.25, 0.3) is 44.2 Å². The van der Waals surface area contributed by atoms with Gasteiger partial charge in [-0.1, -0.05) is 141 Å². The van der Waals surface area contributed by atoms with Gasteiger partial charge >= 0.3 is 0 Å².